The van der Waals surface area contributed by atoms with Gasteiger partial charge in [-0.3, -0.25) is 14.9 Å². The number of alkyl halides is 3. The minimum Gasteiger partial charge on any atom is -0.354 e. The molecular formula is C22H24ClF3N4O3S. The molecule has 3 rings (SSSR count). The Morgan fingerprint density at radius 3 is 2.44 bits per heavy atom. The molecular weight excluding hydrogens is 493 g/mol. The molecule has 1 aromatic heterocycles. The molecule has 184 valence electrons. The summed E-state index contributed by atoms with van der Waals surface area (Å²) in [6.07, 6.45) is -4.38. The Labute approximate surface area is 203 Å². The zero-order chi connectivity index (χ0) is 25.3. The highest BCUT2D eigenvalue weighted by Crippen LogP contribution is 2.37. The predicted octanol–water partition coefficient (Wildman–Crippen LogP) is 5.32. The van der Waals surface area contributed by atoms with Gasteiger partial charge in [-0.2, -0.15) is 13.2 Å². The topological polar surface area (TPSA) is 90.5 Å². The van der Waals surface area contributed by atoms with E-state index in [4.69, 9.17) is 11.6 Å². The second-order valence-corrected chi connectivity index (χ2v) is 10.2. The molecule has 1 saturated heterocycles. The van der Waals surface area contributed by atoms with Crippen LogP contribution in [0.5, 0.6) is 0 Å². The van der Waals surface area contributed by atoms with Crippen molar-refractivity contribution in [3.8, 4) is 0 Å². The fourth-order valence-corrected chi connectivity index (χ4v) is 4.53. The summed E-state index contributed by atoms with van der Waals surface area (Å²) < 4.78 is 38.6. The van der Waals surface area contributed by atoms with Gasteiger partial charge in [0.1, 0.15) is 5.00 Å². The second kappa shape index (κ2) is 9.83. The molecule has 1 aromatic carbocycles. The number of thiophene rings is 1. The highest BCUT2D eigenvalue weighted by Gasteiger charge is 2.31. The zero-order valence-corrected chi connectivity index (χ0v) is 20.3. The average molecular weight is 517 g/mol. The quantitative estimate of drug-likeness (QED) is 0.515. The zero-order valence-electron chi connectivity index (χ0n) is 18.7. The number of carbonyl (C=O) groups excluding carboxylic acids is 3. The van der Waals surface area contributed by atoms with E-state index in [2.05, 4.69) is 16.0 Å². The van der Waals surface area contributed by atoms with Crippen LogP contribution in [0.15, 0.2) is 24.3 Å². The number of rotatable bonds is 3. The van der Waals surface area contributed by atoms with Crippen molar-refractivity contribution in [1.82, 2.24) is 10.2 Å². The van der Waals surface area contributed by atoms with Crippen LogP contribution in [0.3, 0.4) is 0 Å². The van der Waals surface area contributed by atoms with Crippen molar-refractivity contribution in [3.05, 3.63) is 45.3 Å². The standard InChI is InChI=1S/C22H24ClF3N4O3S/c1-21(2,3)16-11-13(19(32)30-8-6-17(31)27-7-9-30)18(34-16)29-20(33)28-15-5-4-12(10-14(15)23)22(24,25)26/h4-5,10-11H,6-9H2,1-3H3,(H,27,31)(H2,28,29,33). The normalized spacial score (nSPS) is 14.9. The molecule has 3 N–H and O–H groups in total. The van der Waals surface area contributed by atoms with Crippen LogP contribution >= 0.6 is 22.9 Å². The summed E-state index contributed by atoms with van der Waals surface area (Å²) in [6.45, 7) is 6.81. The summed E-state index contributed by atoms with van der Waals surface area (Å²) >= 11 is 7.15. The molecule has 1 aliphatic rings. The van der Waals surface area contributed by atoms with Crippen LogP contribution in [0.25, 0.3) is 0 Å². The summed E-state index contributed by atoms with van der Waals surface area (Å²) in [6, 6.07) is 3.56. The summed E-state index contributed by atoms with van der Waals surface area (Å²) in [4.78, 5) is 39.9. The molecule has 0 saturated carbocycles. The molecule has 0 unspecified atom stereocenters. The molecule has 34 heavy (non-hydrogen) atoms. The van der Waals surface area contributed by atoms with Crippen LogP contribution in [0.2, 0.25) is 5.02 Å². The predicted molar refractivity (Wildman–Crippen MR) is 126 cm³/mol. The third-order valence-corrected chi connectivity index (χ3v) is 6.86. The molecule has 0 aliphatic carbocycles. The van der Waals surface area contributed by atoms with Crippen molar-refractivity contribution in [2.24, 2.45) is 0 Å². The van der Waals surface area contributed by atoms with E-state index in [1.165, 1.54) is 11.3 Å². The van der Waals surface area contributed by atoms with Gasteiger partial charge in [-0.05, 0) is 29.7 Å². The van der Waals surface area contributed by atoms with Gasteiger partial charge >= 0.3 is 12.2 Å². The molecule has 0 bridgehead atoms. The van der Waals surface area contributed by atoms with E-state index in [1.807, 2.05) is 20.8 Å². The number of amides is 4. The van der Waals surface area contributed by atoms with Crippen molar-refractivity contribution in [1.29, 1.82) is 0 Å². The third-order valence-electron chi connectivity index (χ3n) is 5.07. The number of hydrogen-bond acceptors (Lipinski definition) is 4. The summed E-state index contributed by atoms with van der Waals surface area (Å²) in [5.41, 5.74) is -0.971. The Bertz CT molecular complexity index is 1110. The molecule has 1 fully saturated rings. The van der Waals surface area contributed by atoms with E-state index in [1.54, 1.807) is 11.0 Å². The van der Waals surface area contributed by atoms with Gasteiger partial charge in [-0.15, -0.1) is 11.3 Å². The molecule has 0 atom stereocenters. The van der Waals surface area contributed by atoms with E-state index in [0.29, 0.717) is 18.1 Å². The van der Waals surface area contributed by atoms with Gasteiger partial charge in [-0.1, -0.05) is 32.4 Å². The Balaban J connectivity index is 1.83. The third kappa shape index (κ3) is 6.20. The highest BCUT2D eigenvalue weighted by molar-refractivity contribution is 7.16. The van der Waals surface area contributed by atoms with Crippen molar-refractivity contribution in [2.45, 2.75) is 38.8 Å². The fourth-order valence-electron chi connectivity index (χ4n) is 3.20. The van der Waals surface area contributed by atoms with Crippen molar-refractivity contribution in [2.75, 3.05) is 30.3 Å². The van der Waals surface area contributed by atoms with Crippen molar-refractivity contribution < 1.29 is 27.6 Å². The van der Waals surface area contributed by atoms with E-state index >= 15 is 0 Å². The van der Waals surface area contributed by atoms with E-state index in [-0.39, 0.29) is 46.5 Å². The summed E-state index contributed by atoms with van der Waals surface area (Å²) in [5.74, 6) is -0.465. The van der Waals surface area contributed by atoms with Gasteiger partial charge in [0.05, 0.1) is 21.8 Å². The largest absolute Gasteiger partial charge is 0.416 e. The Morgan fingerprint density at radius 1 is 1.12 bits per heavy atom. The van der Waals surface area contributed by atoms with Gasteiger partial charge in [-0.25, -0.2) is 4.79 Å². The first-order valence-electron chi connectivity index (χ1n) is 10.4. The lowest BCUT2D eigenvalue weighted by Crippen LogP contribution is -2.34. The lowest BCUT2D eigenvalue weighted by Gasteiger charge is -2.20. The van der Waals surface area contributed by atoms with Crippen molar-refractivity contribution in [3.63, 3.8) is 0 Å². The van der Waals surface area contributed by atoms with E-state index < -0.39 is 17.8 Å². The smallest absolute Gasteiger partial charge is 0.354 e. The van der Waals surface area contributed by atoms with Gasteiger partial charge in [0.15, 0.2) is 0 Å². The van der Waals surface area contributed by atoms with E-state index in [0.717, 1.165) is 23.1 Å². The van der Waals surface area contributed by atoms with Gasteiger partial charge in [0.25, 0.3) is 5.91 Å². The maximum absolute atomic E-state index is 13.2. The van der Waals surface area contributed by atoms with Crippen LogP contribution in [0.1, 0.15) is 48.0 Å². The van der Waals surface area contributed by atoms with Gasteiger partial charge in [0.2, 0.25) is 5.91 Å². The highest BCUT2D eigenvalue weighted by atomic mass is 35.5. The maximum atomic E-state index is 13.2. The fraction of sp³-hybridized carbons (Fsp3) is 0.409. The number of halogens is 4. The van der Waals surface area contributed by atoms with Crippen LogP contribution in [-0.4, -0.2) is 42.4 Å². The number of urea groups is 1. The van der Waals surface area contributed by atoms with E-state index in [9.17, 15) is 27.6 Å². The molecule has 12 heteroatoms. The minimum atomic E-state index is -4.56. The summed E-state index contributed by atoms with van der Waals surface area (Å²) in [5, 5.41) is 7.78. The number of anilines is 2. The number of benzene rings is 1. The molecule has 7 nitrogen and oxygen atoms in total. The summed E-state index contributed by atoms with van der Waals surface area (Å²) in [7, 11) is 0. The Morgan fingerprint density at radius 2 is 1.82 bits per heavy atom. The lowest BCUT2D eigenvalue weighted by atomic mass is 9.94. The van der Waals surface area contributed by atoms with Crippen LogP contribution < -0.4 is 16.0 Å². The first-order chi connectivity index (χ1) is 15.8. The lowest BCUT2D eigenvalue weighted by molar-refractivity contribution is -0.137. The number of hydrogen-bond donors (Lipinski definition) is 3. The first kappa shape index (κ1) is 25.8. The number of nitrogens with one attached hydrogen (secondary N) is 3. The molecule has 2 heterocycles. The van der Waals surface area contributed by atoms with Gasteiger partial charge < -0.3 is 15.5 Å². The van der Waals surface area contributed by atoms with Crippen LogP contribution in [0, 0.1) is 0 Å². The van der Waals surface area contributed by atoms with Crippen LogP contribution in [0.4, 0.5) is 28.7 Å². The molecule has 0 spiro atoms. The first-order valence-corrected chi connectivity index (χ1v) is 11.6. The Kier molecular flexibility index (Phi) is 7.47. The number of carbonyl (C=O) groups is 3. The van der Waals surface area contributed by atoms with Crippen molar-refractivity contribution >= 4 is 51.5 Å². The minimum absolute atomic E-state index is 0.00949. The Hall–Kier alpha value is -2.79. The van der Waals surface area contributed by atoms with Gasteiger partial charge in [0, 0.05) is 30.9 Å². The average Bonchev–Trinajstić information content (AvgIpc) is 3.02. The maximum Gasteiger partial charge on any atom is 0.416 e. The second-order valence-electron chi connectivity index (χ2n) is 8.77. The molecule has 2 aromatic rings. The number of nitrogens with zero attached hydrogens (tertiary/aromatic N) is 1. The monoisotopic (exact) mass is 516 g/mol. The molecule has 0 radical (unpaired) electrons. The molecule has 4 amide bonds. The molecule has 1 aliphatic heterocycles. The van der Waals surface area contributed by atoms with Crippen LogP contribution in [-0.2, 0) is 16.4 Å². The SMILES string of the molecule is CC(C)(C)c1cc(C(=O)N2CCNC(=O)CC2)c(NC(=O)Nc2ccc(C(F)(F)F)cc2Cl)s1.